The van der Waals surface area contributed by atoms with Gasteiger partial charge in [-0.2, -0.15) is 0 Å². The van der Waals surface area contributed by atoms with Crippen LogP contribution in [0, 0.1) is 12.7 Å². The van der Waals surface area contributed by atoms with E-state index in [9.17, 15) is 9.50 Å². The number of nitrogens with zero attached hydrogens (tertiary/aromatic N) is 4. The third-order valence-corrected chi connectivity index (χ3v) is 5.42. The predicted molar refractivity (Wildman–Crippen MR) is 113 cm³/mol. The van der Waals surface area contributed by atoms with Gasteiger partial charge in [0.25, 0.3) is 0 Å². The Morgan fingerprint density at radius 2 is 1.83 bits per heavy atom. The SMILES string of the molecule is Cc1cc(O)ccc1-c1c(-c2ccc(F)cc2)nc2c(N3CCOCC3)nccn12. The van der Waals surface area contributed by atoms with Crippen LogP contribution in [0.1, 0.15) is 5.56 Å². The topological polar surface area (TPSA) is 62.9 Å². The van der Waals surface area contributed by atoms with Gasteiger partial charge in [-0.3, -0.25) is 4.40 Å². The van der Waals surface area contributed by atoms with Gasteiger partial charge in [0.15, 0.2) is 11.5 Å². The number of fused-ring (bicyclic) bond motifs is 1. The van der Waals surface area contributed by atoms with Gasteiger partial charge in [-0.15, -0.1) is 0 Å². The van der Waals surface area contributed by atoms with Crippen molar-refractivity contribution in [2.75, 3.05) is 31.2 Å². The maximum absolute atomic E-state index is 13.6. The third kappa shape index (κ3) is 3.17. The summed E-state index contributed by atoms with van der Waals surface area (Å²) < 4.78 is 21.1. The molecule has 7 heteroatoms. The summed E-state index contributed by atoms with van der Waals surface area (Å²) in [4.78, 5) is 11.7. The summed E-state index contributed by atoms with van der Waals surface area (Å²) in [5.41, 5.74) is 5.04. The van der Waals surface area contributed by atoms with E-state index in [1.807, 2.05) is 23.6 Å². The van der Waals surface area contributed by atoms with Crippen molar-refractivity contribution >= 4 is 11.5 Å². The number of phenols is 1. The van der Waals surface area contributed by atoms with Crippen LogP contribution in [0.3, 0.4) is 0 Å². The molecule has 1 aliphatic rings. The molecular weight excluding hydrogens is 383 g/mol. The van der Waals surface area contributed by atoms with Crippen LogP contribution in [0.2, 0.25) is 0 Å². The summed E-state index contributed by atoms with van der Waals surface area (Å²) in [6.07, 6.45) is 3.66. The van der Waals surface area contributed by atoms with E-state index in [1.165, 1.54) is 12.1 Å². The zero-order chi connectivity index (χ0) is 20.7. The van der Waals surface area contributed by atoms with Gasteiger partial charge in [-0.05, 0) is 55.0 Å². The molecule has 152 valence electrons. The van der Waals surface area contributed by atoms with Crippen molar-refractivity contribution in [1.29, 1.82) is 0 Å². The summed E-state index contributed by atoms with van der Waals surface area (Å²) in [6.45, 7) is 4.75. The second-order valence-electron chi connectivity index (χ2n) is 7.36. The fourth-order valence-corrected chi connectivity index (χ4v) is 3.94. The first kappa shape index (κ1) is 18.6. The van der Waals surface area contributed by atoms with Crippen molar-refractivity contribution in [3.63, 3.8) is 0 Å². The zero-order valence-electron chi connectivity index (χ0n) is 16.5. The minimum atomic E-state index is -0.291. The van der Waals surface area contributed by atoms with E-state index in [-0.39, 0.29) is 11.6 Å². The molecule has 1 N–H and O–H groups in total. The molecule has 6 nitrogen and oxygen atoms in total. The number of rotatable bonds is 3. The number of halogens is 1. The van der Waals surface area contributed by atoms with Crippen molar-refractivity contribution < 1.29 is 14.2 Å². The number of imidazole rings is 1. The van der Waals surface area contributed by atoms with Crippen molar-refractivity contribution in [1.82, 2.24) is 14.4 Å². The second kappa shape index (κ2) is 7.42. The largest absolute Gasteiger partial charge is 0.508 e. The Bertz CT molecular complexity index is 1210. The smallest absolute Gasteiger partial charge is 0.181 e. The fourth-order valence-electron chi connectivity index (χ4n) is 3.94. The number of hydrogen-bond acceptors (Lipinski definition) is 5. The lowest BCUT2D eigenvalue weighted by atomic mass is 10.0. The standard InChI is InChI=1S/C23H21FN4O2/c1-15-14-18(29)6-7-19(15)21-20(16-2-4-17(24)5-3-16)26-23-22(25-8-9-28(21)23)27-10-12-30-13-11-27/h2-9,14,29H,10-13H2,1H3. The van der Waals surface area contributed by atoms with Crippen molar-refractivity contribution in [2.45, 2.75) is 6.92 Å². The molecule has 1 aliphatic heterocycles. The third-order valence-electron chi connectivity index (χ3n) is 5.42. The molecule has 5 rings (SSSR count). The lowest BCUT2D eigenvalue weighted by molar-refractivity contribution is 0.122. The predicted octanol–water partition coefficient (Wildman–Crippen LogP) is 4.05. The Kier molecular flexibility index (Phi) is 4.59. The van der Waals surface area contributed by atoms with Crippen molar-refractivity contribution in [3.8, 4) is 28.3 Å². The van der Waals surface area contributed by atoms with Crippen LogP contribution in [0.15, 0.2) is 54.9 Å². The first-order valence-electron chi connectivity index (χ1n) is 9.87. The number of ether oxygens (including phenoxy) is 1. The molecule has 30 heavy (non-hydrogen) atoms. The van der Waals surface area contributed by atoms with E-state index < -0.39 is 0 Å². The minimum Gasteiger partial charge on any atom is -0.508 e. The Morgan fingerprint density at radius 1 is 1.07 bits per heavy atom. The average molecular weight is 404 g/mol. The fraction of sp³-hybridized carbons (Fsp3) is 0.217. The number of morpholine rings is 1. The molecule has 4 aromatic rings. The lowest BCUT2D eigenvalue weighted by Crippen LogP contribution is -2.37. The molecule has 0 atom stereocenters. The van der Waals surface area contributed by atoms with E-state index in [0.717, 1.165) is 52.6 Å². The minimum absolute atomic E-state index is 0.212. The van der Waals surface area contributed by atoms with Gasteiger partial charge in [0.1, 0.15) is 11.6 Å². The Balaban J connectivity index is 1.79. The average Bonchev–Trinajstić information content (AvgIpc) is 3.14. The highest BCUT2D eigenvalue weighted by molar-refractivity contribution is 5.86. The molecule has 1 fully saturated rings. The second-order valence-corrected chi connectivity index (χ2v) is 7.36. The number of phenolic OH excluding ortho intramolecular Hbond substituents is 1. The molecule has 0 bridgehead atoms. The monoisotopic (exact) mass is 404 g/mol. The van der Waals surface area contributed by atoms with Gasteiger partial charge in [-0.25, -0.2) is 14.4 Å². The van der Waals surface area contributed by atoms with Crippen molar-refractivity contribution in [3.05, 3.63) is 66.2 Å². The van der Waals surface area contributed by atoms with Crippen LogP contribution >= 0.6 is 0 Å². The van der Waals surface area contributed by atoms with Crippen LogP contribution in [-0.2, 0) is 4.74 Å². The van der Waals surface area contributed by atoms with Crippen LogP contribution in [-0.4, -0.2) is 45.8 Å². The van der Waals surface area contributed by atoms with E-state index >= 15 is 0 Å². The Hall–Kier alpha value is -3.45. The Morgan fingerprint density at radius 3 is 2.57 bits per heavy atom. The molecule has 2 aromatic heterocycles. The van der Waals surface area contributed by atoms with Gasteiger partial charge in [0.05, 0.1) is 24.6 Å². The van der Waals surface area contributed by atoms with E-state index in [0.29, 0.717) is 13.2 Å². The first-order chi connectivity index (χ1) is 14.6. The maximum Gasteiger partial charge on any atom is 0.181 e. The van der Waals surface area contributed by atoms with Crippen molar-refractivity contribution in [2.24, 2.45) is 0 Å². The molecule has 0 unspecified atom stereocenters. The van der Waals surface area contributed by atoms with E-state index in [4.69, 9.17) is 9.72 Å². The number of aromatic nitrogens is 3. The van der Waals surface area contributed by atoms with E-state index in [2.05, 4.69) is 9.88 Å². The zero-order valence-corrected chi connectivity index (χ0v) is 16.5. The molecule has 0 saturated carbocycles. The van der Waals surface area contributed by atoms with Gasteiger partial charge in [0.2, 0.25) is 0 Å². The maximum atomic E-state index is 13.6. The molecule has 0 aliphatic carbocycles. The van der Waals surface area contributed by atoms with Crippen LogP contribution in [0.5, 0.6) is 5.75 Å². The van der Waals surface area contributed by atoms with Gasteiger partial charge in [0, 0.05) is 36.6 Å². The molecular formula is C23H21FN4O2. The summed E-state index contributed by atoms with van der Waals surface area (Å²) >= 11 is 0. The molecule has 3 heterocycles. The number of hydrogen-bond donors (Lipinski definition) is 1. The molecule has 0 amide bonds. The van der Waals surface area contributed by atoms with E-state index in [1.54, 1.807) is 30.5 Å². The summed E-state index contributed by atoms with van der Waals surface area (Å²) in [5.74, 6) is 0.719. The van der Waals surface area contributed by atoms with Gasteiger partial charge < -0.3 is 14.7 Å². The molecule has 2 aromatic carbocycles. The quantitative estimate of drug-likeness (QED) is 0.558. The highest BCUT2D eigenvalue weighted by Gasteiger charge is 2.23. The number of benzene rings is 2. The molecule has 0 radical (unpaired) electrons. The Labute approximate surface area is 173 Å². The first-order valence-corrected chi connectivity index (χ1v) is 9.87. The lowest BCUT2D eigenvalue weighted by Gasteiger charge is -2.27. The summed E-state index contributed by atoms with van der Waals surface area (Å²) in [7, 11) is 0. The summed E-state index contributed by atoms with van der Waals surface area (Å²) in [6, 6.07) is 11.6. The highest BCUT2D eigenvalue weighted by atomic mass is 19.1. The number of aromatic hydroxyl groups is 1. The summed E-state index contributed by atoms with van der Waals surface area (Å²) in [5, 5.41) is 9.89. The van der Waals surface area contributed by atoms with Gasteiger partial charge in [-0.1, -0.05) is 0 Å². The number of aryl methyl sites for hydroxylation is 1. The van der Waals surface area contributed by atoms with Crippen LogP contribution in [0.25, 0.3) is 28.2 Å². The normalized spacial score (nSPS) is 14.4. The molecule has 1 saturated heterocycles. The molecule has 0 spiro atoms. The van der Waals surface area contributed by atoms with Crippen LogP contribution in [0.4, 0.5) is 10.2 Å². The van der Waals surface area contributed by atoms with Crippen LogP contribution < -0.4 is 4.90 Å². The number of anilines is 1. The highest BCUT2D eigenvalue weighted by Crippen LogP contribution is 2.37. The van der Waals surface area contributed by atoms with Gasteiger partial charge >= 0.3 is 0 Å².